The molecule has 1 aromatic carbocycles. The van der Waals surface area contributed by atoms with Crippen molar-refractivity contribution in [3.05, 3.63) is 23.8 Å². The van der Waals surface area contributed by atoms with Gasteiger partial charge in [-0.3, -0.25) is 4.79 Å². The number of Topliss-reactive ketones (excluding diaryl/α,β-unsaturated/α-hetero) is 1. The van der Waals surface area contributed by atoms with Gasteiger partial charge in [-0.2, -0.15) is 0 Å². The highest BCUT2D eigenvalue weighted by molar-refractivity contribution is 6.01. The molecule has 4 heteroatoms. The molecule has 1 atom stereocenters. The van der Waals surface area contributed by atoms with Gasteiger partial charge in [0.1, 0.15) is 11.4 Å². The third-order valence-corrected chi connectivity index (χ3v) is 3.92. The van der Waals surface area contributed by atoms with E-state index in [2.05, 4.69) is 24.5 Å². The molecule has 1 aliphatic heterocycles. The number of hydrogen-bond acceptors (Lipinski definition) is 4. The Morgan fingerprint density at radius 1 is 1.36 bits per heavy atom. The van der Waals surface area contributed by atoms with E-state index in [1.165, 1.54) is 0 Å². The summed E-state index contributed by atoms with van der Waals surface area (Å²) in [6, 6.07) is 5.47. The summed E-state index contributed by atoms with van der Waals surface area (Å²) in [7, 11) is 0. The SMILES string of the molecule is CC(C)CCNC(C)C(=O)c1ccc2c(c1)NCC(C)(C)O2. The van der Waals surface area contributed by atoms with Crippen molar-refractivity contribution in [3.8, 4) is 5.75 Å². The molecule has 1 unspecified atom stereocenters. The van der Waals surface area contributed by atoms with E-state index < -0.39 is 0 Å². The van der Waals surface area contributed by atoms with Crippen LogP contribution in [0.5, 0.6) is 5.75 Å². The molecular formula is C18H28N2O2. The Morgan fingerprint density at radius 3 is 2.77 bits per heavy atom. The number of nitrogens with one attached hydrogen (secondary N) is 2. The van der Waals surface area contributed by atoms with Crippen LogP contribution in [0.2, 0.25) is 0 Å². The summed E-state index contributed by atoms with van der Waals surface area (Å²) in [5, 5.41) is 6.65. The Kier molecular flexibility index (Phi) is 5.12. The molecule has 2 rings (SSSR count). The van der Waals surface area contributed by atoms with Crippen molar-refractivity contribution in [2.45, 2.75) is 52.7 Å². The lowest BCUT2D eigenvalue weighted by atomic mass is 10.0. The first-order valence-corrected chi connectivity index (χ1v) is 8.13. The molecule has 0 saturated carbocycles. The lowest BCUT2D eigenvalue weighted by molar-refractivity contribution is 0.0950. The molecule has 122 valence electrons. The molecule has 1 heterocycles. The maximum atomic E-state index is 12.5. The number of benzene rings is 1. The van der Waals surface area contributed by atoms with Gasteiger partial charge in [0.2, 0.25) is 0 Å². The van der Waals surface area contributed by atoms with Crippen LogP contribution in [0, 0.1) is 5.92 Å². The molecule has 0 saturated heterocycles. The first-order chi connectivity index (χ1) is 10.3. The molecule has 0 aliphatic carbocycles. The minimum atomic E-state index is -0.218. The van der Waals surface area contributed by atoms with Crippen molar-refractivity contribution >= 4 is 11.5 Å². The van der Waals surface area contributed by atoms with Crippen LogP contribution in [0.25, 0.3) is 0 Å². The Bertz CT molecular complexity index is 538. The van der Waals surface area contributed by atoms with E-state index in [0.29, 0.717) is 5.92 Å². The van der Waals surface area contributed by atoms with E-state index in [1.807, 2.05) is 39.0 Å². The molecule has 0 fully saturated rings. The molecule has 4 nitrogen and oxygen atoms in total. The van der Waals surface area contributed by atoms with Crippen molar-refractivity contribution in [2.24, 2.45) is 5.92 Å². The molecule has 1 aromatic rings. The molecule has 0 amide bonds. The van der Waals surface area contributed by atoms with Crippen molar-refractivity contribution in [3.63, 3.8) is 0 Å². The van der Waals surface area contributed by atoms with E-state index >= 15 is 0 Å². The first-order valence-electron chi connectivity index (χ1n) is 8.13. The highest BCUT2D eigenvalue weighted by atomic mass is 16.5. The molecular weight excluding hydrogens is 276 g/mol. The van der Waals surface area contributed by atoms with Crippen LogP contribution in [0.4, 0.5) is 5.69 Å². The molecule has 0 spiro atoms. The Hall–Kier alpha value is -1.55. The van der Waals surface area contributed by atoms with E-state index in [9.17, 15) is 4.79 Å². The van der Waals surface area contributed by atoms with Gasteiger partial charge in [-0.05, 0) is 57.9 Å². The van der Waals surface area contributed by atoms with Gasteiger partial charge in [-0.15, -0.1) is 0 Å². The van der Waals surface area contributed by atoms with Gasteiger partial charge in [0.05, 0.1) is 18.3 Å². The van der Waals surface area contributed by atoms with Gasteiger partial charge in [0, 0.05) is 5.56 Å². The van der Waals surface area contributed by atoms with Crippen molar-refractivity contribution in [1.29, 1.82) is 0 Å². The van der Waals surface area contributed by atoms with Crippen molar-refractivity contribution in [2.75, 3.05) is 18.4 Å². The van der Waals surface area contributed by atoms with Gasteiger partial charge in [-0.1, -0.05) is 13.8 Å². The van der Waals surface area contributed by atoms with Gasteiger partial charge in [0.25, 0.3) is 0 Å². The van der Waals surface area contributed by atoms with Gasteiger partial charge >= 0.3 is 0 Å². The minimum absolute atomic E-state index is 0.123. The van der Waals surface area contributed by atoms with E-state index in [4.69, 9.17) is 4.74 Å². The lowest BCUT2D eigenvalue weighted by Gasteiger charge is -2.33. The third-order valence-electron chi connectivity index (χ3n) is 3.92. The number of carbonyl (C=O) groups is 1. The summed E-state index contributed by atoms with van der Waals surface area (Å²) >= 11 is 0. The predicted octanol–water partition coefficient (Wildman–Crippen LogP) is 3.48. The fourth-order valence-electron chi connectivity index (χ4n) is 2.48. The zero-order valence-electron chi connectivity index (χ0n) is 14.3. The first kappa shape index (κ1) is 16.8. The van der Waals surface area contributed by atoms with E-state index in [1.54, 1.807) is 0 Å². The zero-order chi connectivity index (χ0) is 16.3. The maximum absolute atomic E-state index is 12.5. The molecule has 0 bridgehead atoms. The summed E-state index contributed by atoms with van der Waals surface area (Å²) in [5.41, 5.74) is 1.41. The van der Waals surface area contributed by atoms with Crippen LogP contribution < -0.4 is 15.4 Å². The molecule has 1 aliphatic rings. The average Bonchev–Trinajstić information content (AvgIpc) is 2.44. The van der Waals surface area contributed by atoms with Crippen LogP contribution in [-0.4, -0.2) is 30.5 Å². The van der Waals surface area contributed by atoms with Crippen LogP contribution in [0.1, 0.15) is 51.4 Å². The van der Waals surface area contributed by atoms with E-state index in [0.717, 1.165) is 36.5 Å². The quantitative estimate of drug-likeness (QED) is 0.790. The number of carbonyl (C=O) groups excluding carboxylic acids is 1. The Morgan fingerprint density at radius 2 is 2.09 bits per heavy atom. The zero-order valence-corrected chi connectivity index (χ0v) is 14.3. The topological polar surface area (TPSA) is 50.4 Å². The second-order valence-electron chi connectivity index (χ2n) is 7.15. The third kappa shape index (κ3) is 4.23. The van der Waals surface area contributed by atoms with Crippen LogP contribution in [-0.2, 0) is 0 Å². The summed E-state index contributed by atoms with van der Waals surface area (Å²) < 4.78 is 5.92. The largest absolute Gasteiger partial charge is 0.484 e. The monoisotopic (exact) mass is 304 g/mol. The molecule has 22 heavy (non-hydrogen) atoms. The molecule has 0 aromatic heterocycles. The fourth-order valence-corrected chi connectivity index (χ4v) is 2.48. The smallest absolute Gasteiger partial charge is 0.179 e. The number of ketones is 1. The number of fused-ring (bicyclic) bond motifs is 1. The van der Waals surface area contributed by atoms with Crippen LogP contribution in [0.3, 0.4) is 0 Å². The highest BCUT2D eigenvalue weighted by Crippen LogP contribution is 2.33. The van der Waals surface area contributed by atoms with Crippen LogP contribution in [0.15, 0.2) is 18.2 Å². The summed E-state index contributed by atoms with van der Waals surface area (Å²) in [4.78, 5) is 12.5. The summed E-state index contributed by atoms with van der Waals surface area (Å²) in [6.45, 7) is 12.0. The average molecular weight is 304 g/mol. The van der Waals surface area contributed by atoms with Gasteiger partial charge < -0.3 is 15.4 Å². The molecule has 2 N–H and O–H groups in total. The maximum Gasteiger partial charge on any atom is 0.179 e. The normalized spacial score (nSPS) is 17.4. The predicted molar refractivity (Wildman–Crippen MR) is 90.9 cm³/mol. The minimum Gasteiger partial charge on any atom is -0.484 e. The number of ether oxygens (including phenoxy) is 1. The number of anilines is 1. The Balaban J connectivity index is 2.02. The highest BCUT2D eigenvalue weighted by Gasteiger charge is 2.27. The summed E-state index contributed by atoms with van der Waals surface area (Å²) in [6.07, 6.45) is 1.08. The number of rotatable bonds is 6. The van der Waals surface area contributed by atoms with Gasteiger partial charge in [0.15, 0.2) is 5.78 Å². The van der Waals surface area contributed by atoms with Crippen LogP contribution >= 0.6 is 0 Å². The van der Waals surface area contributed by atoms with Crippen molar-refractivity contribution in [1.82, 2.24) is 5.32 Å². The fraction of sp³-hybridized carbons (Fsp3) is 0.611. The van der Waals surface area contributed by atoms with Crippen molar-refractivity contribution < 1.29 is 9.53 Å². The Labute approximate surface area is 133 Å². The lowest BCUT2D eigenvalue weighted by Crippen LogP contribution is -2.40. The van der Waals surface area contributed by atoms with E-state index in [-0.39, 0.29) is 17.4 Å². The second-order valence-corrected chi connectivity index (χ2v) is 7.15. The molecule has 0 radical (unpaired) electrons. The second kappa shape index (κ2) is 6.69. The summed E-state index contributed by atoms with van der Waals surface area (Å²) in [5.74, 6) is 1.58. The standard InChI is InChI=1S/C18H28N2O2/c1-12(2)8-9-19-13(3)17(21)14-6-7-16-15(10-14)20-11-18(4,5)22-16/h6-7,10,12-13,19-20H,8-9,11H2,1-5H3. The van der Waals surface area contributed by atoms with Gasteiger partial charge in [-0.25, -0.2) is 0 Å². The number of hydrogen-bond donors (Lipinski definition) is 2.